The van der Waals surface area contributed by atoms with E-state index in [0.717, 1.165) is 0 Å². The highest BCUT2D eigenvalue weighted by molar-refractivity contribution is 6.30. The fourth-order valence-electron chi connectivity index (χ4n) is 1.70. The minimum atomic E-state index is -0.493. The number of carbonyl (C=O) groups excluding carboxylic acids is 2. The fourth-order valence-corrected chi connectivity index (χ4v) is 1.89. The normalized spacial score (nSPS) is 10.5. The van der Waals surface area contributed by atoms with Gasteiger partial charge in [0.2, 0.25) is 0 Å². The number of halogens is 1. The summed E-state index contributed by atoms with van der Waals surface area (Å²) in [6.45, 7) is -0.233. The minimum absolute atomic E-state index is 0.0553. The van der Waals surface area contributed by atoms with Crippen molar-refractivity contribution in [2.24, 2.45) is 5.10 Å². The Morgan fingerprint density at radius 1 is 1.17 bits per heavy atom. The molecule has 2 aromatic rings. The highest BCUT2D eigenvalue weighted by atomic mass is 35.5. The average molecular weight is 332 g/mol. The lowest BCUT2D eigenvalue weighted by molar-refractivity contribution is -0.120. The molecule has 6 nitrogen and oxygen atoms in total. The van der Waals surface area contributed by atoms with Crippen molar-refractivity contribution >= 4 is 29.6 Å². The Labute approximate surface area is 137 Å². The molecule has 0 saturated carbocycles. The van der Waals surface area contributed by atoms with E-state index in [1.165, 1.54) is 18.3 Å². The molecule has 0 radical (unpaired) electrons. The lowest BCUT2D eigenvalue weighted by Crippen LogP contribution is -2.34. The van der Waals surface area contributed by atoms with E-state index in [9.17, 15) is 14.7 Å². The molecule has 0 fully saturated rings. The second-order valence-corrected chi connectivity index (χ2v) is 4.98. The minimum Gasteiger partial charge on any atom is -0.507 e. The number of phenols is 1. The standard InChI is InChI=1S/C16H14ClN3O3/c17-13-6-3-5-11(8-13)16(23)18-10-15(22)20-19-9-12-4-1-2-7-14(12)21/h1-9,21H,10H2,(H,18,23)(H,20,22). The molecule has 0 aromatic heterocycles. The highest BCUT2D eigenvalue weighted by Gasteiger charge is 2.07. The van der Waals surface area contributed by atoms with Crippen LogP contribution in [0.2, 0.25) is 5.02 Å². The molecule has 2 aromatic carbocycles. The Morgan fingerprint density at radius 3 is 2.70 bits per heavy atom. The number of hydrogen-bond donors (Lipinski definition) is 3. The van der Waals surface area contributed by atoms with Gasteiger partial charge in [-0.05, 0) is 30.3 Å². The Hall–Kier alpha value is -2.86. The van der Waals surface area contributed by atoms with Crippen LogP contribution in [0.15, 0.2) is 53.6 Å². The zero-order valence-corrected chi connectivity index (χ0v) is 12.7. The summed E-state index contributed by atoms with van der Waals surface area (Å²) in [7, 11) is 0. The SMILES string of the molecule is O=C(CNC(=O)c1cccc(Cl)c1)NN=Cc1ccccc1O. The van der Waals surface area contributed by atoms with Crippen molar-refractivity contribution in [3.8, 4) is 5.75 Å². The molecule has 3 N–H and O–H groups in total. The number of benzene rings is 2. The van der Waals surface area contributed by atoms with Crippen LogP contribution < -0.4 is 10.7 Å². The third-order valence-corrected chi connectivity index (χ3v) is 3.06. The maximum absolute atomic E-state index is 11.8. The van der Waals surface area contributed by atoms with Crippen molar-refractivity contribution < 1.29 is 14.7 Å². The van der Waals surface area contributed by atoms with Crippen LogP contribution in [-0.4, -0.2) is 29.7 Å². The average Bonchev–Trinajstić information content (AvgIpc) is 2.54. The van der Waals surface area contributed by atoms with E-state index in [0.29, 0.717) is 16.1 Å². The molecule has 0 saturated heterocycles. The van der Waals surface area contributed by atoms with Gasteiger partial charge in [0.05, 0.1) is 12.8 Å². The molecule has 2 rings (SSSR count). The number of phenolic OH excluding ortho intramolecular Hbond substituents is 1. The molecular formula is C16H14ClN3O3. The van der Waals surface area contributed by atoms with Gasteiger partial charge in [-0.1, -0.05) is 29.8 Å². The molecule has 118 valence electrons. The summed E-state index contributed by atoms with van der Waals surface area (Å²) < 4.78 is 0. The van der Waals surface area contributed by atoms with Crippen molar-refractivity contribution in [2.75, 3.05) is 6.54 Å². The van der Waals surface area contributed by atoms with Gasteiger partial charge in [-0.25, -0.2) is 5.43 Å². The van der Waals surface area contributed by atoms with Crippen LogP contribution in [0.4, 0.5) is 0 Å². The van der Waals surface area contributed by atoms with Gasteiger partial charge in [0, 0.05) is 16.1 Å². The second-order valence-electron chi connectivity index (χ2n) is 4.55. The van der Waals surface area contributed by atoms with E-state index in [-0.39, 0.29) is 12.3 Å². The van der Waals surface area contributed by atoms with Crippen LogP contribution >= 0.6 is 11.6 Å². The number of nitrogens with zero attached hydrogens (tertiary/aromatic N) is 1. The number of rotatable bonds is 5. The quantitative estimate of drug-likeness (QED) is 0.577. The van der Waals surface area contributed by atoms with Crippen LogP contribution in [0.3, 0.4) is 0 Å². The van der Waals surface area contributed by atoms with Crippen LogP contribution in [0.1, 0.15) is 15.9 Å². The van der Waals surface area contributed by atoms with Gasteiger partial charge in [-0.3, -0.25) is 9.59 Å². The predicted molar refractivity (Wildman–Crippen MR) is 87.6 cm³/mol. The maximum Gasteiger partial charge on any atom is 0.259 e. The van der Waals surface area contributed by atoms with Crippen molar-refractivity contribution in [1.82, 2.24) is 10.7 Å². The van der Waals surface area contributed by atoms with Gasteiger partial charge in [0.15, 0.2) is 0 Å². The van der Waals surface area contributed by atoms with Crippen LogP contribution in [0, 0.1) is 0 Å². The fraction of sp³-hybridized carbons (Fsp3) is 0.0625. The molecule has 0 unspecified atom stereocenters. The Morgan fingerprint density at radius 2 is 1.96 bits per heavy atom. The first-order valence-electron chi connectivity index (χ1n) is 6.70. The number of para-hydroxylation sites is 1. The molecule has 0 aliphatic carbocycles. The van der Waals surface area contributed by atoms with E-state index in [2.05, 4.69) is 15.8 Å². The predicted octanol–water partition coefficient (Wildman–Crippen LogP) is 1.93. The van der Waals surface area contributed by atoms with E-state index in [1.807, 2.05) is 0 Å². The molecule has 2 amide bonds. The lowest BCUT2D eigenvalue weighted by Gasteiger charge is -2.04. The maximum atomic E-state index is 11.8. The number of hydrazone groups is 1. The third kappa shape index (κ3) is 5.12. The molecule has 23 heavy (non-hydrogen) atoms. The van der Waals surface area contributed by atoms with Gasteiger partial charge < -0.3 is 10.4 Å². The highest BCUT2D eigenvalue weighted by Crippen LogP contribution is 2.12. The van der Waals surface area contributed by atoms with Crippen LogP contribution in [0.25, 0.3) is 0 Å². The number of nitrogens with one attached hydrogen (secondary N) is 2. The Bertz CT molecular complexity index is 747. The Kier molecular flexibility index (Phi) is 5.71. The number of hydrogen-bond acceptors (Lipinski definition) is 4. The van der Waals surface area contributed by atoms with Gasteiger partial charge in [-0.15, -0.1) is 0 Å². The first-order chi connectivity index (χ1) is 11.1. The van der Waals surface area contributed by atoms with Gasteiger partial charge in [0.1, 0.15) is 5.75 Å². The van der Waals surface area contributed by atoms with Crippen molar-refractivity contribution in [1.29, 1.82) is 0 Å². The summed E-state index contributed by atoms with van der Waals surface area (Å²) in [6.07, 6.45) is 1.31. The molecule has 0 aliphatic rings. The molecule has 0 aliphatic heterocycles. The molecule has 7 heteroatoms. The van der Waals surface area contributed by atoms with Crippen molar-refractivity contribution in [3.63, 3.8) is 0 Å². The van der Waals surface area contributed by atoms with E-state index in [1.54, 1.807) is 36.4 Å². The van der Waals surface area contributed by atoms with E-state index >= 15 is 0 Å². The van der Waals surface area contributed by atoms with Gasteiger partial charge in [-0.2, -0.15) is 5.10 Å². The lowest BCUT2D eigenvalue weighted by atomic mass is 10.2. The topological polar surface area (TPSA) is 90.8 Å². The van der Waals surface area contributed by atoms with Gasteiger partial charge in [0.25, 0.3) is 11.8 Å². The molecule has 0 spiro atoms. The first-order valence-corrected chi connectivity index (χ1v) is 7.08. The smallest absolute Gasteiger partial charge is 0.259 e. The summed E-state index contributed by atoms with van der Waals surface area (Å²) in [6, 6.07) is 13.0. The zero-order chi connectivity index (χ0) is 16.7. The summed E-state index contributed by atoms with van der Waals surface area (Å²) in [5, 5.41) is 16.1. The van der Waals surface area contributed by atoms with Gasteiger partial charge >= 0.3 is 0 Å². The monoisotopic (exact) mass is 331 g/mol. The van der Waals surface area contributed by atoms with E-state index in [4.69, 9.17) is 11.6 Å². The Balaban J connectivity index is 1.81. The number of carbonyl (C=O) groups is 2. The zero-order valence-electron chi connectivity index (χ0n) is 12.0. The second kappa shape index (κ2) is 7.95. The molecule has 0 atom stereocenters. The van der Waals surface area contributed by atoms with Crippen LogP contribution in [-0.2, 0) is 4.79 Å². The van der Waals surface area contributed by atoms with Crippen molar-refractivity contribution in [2.45, 2.75) is 0 Å². The van der Waals surface area contributed by atoms with Crippen molar-refractivity contribution in [3.05, 3.63) is 64.7 Å². The summed E-state index contributed by atoms with van der Waals surface area (Å²) in [4.78, 5) is 23.4. The number of amides is 2. The summed E-state index contributed by atoms with van der Waals surface area (Å²) >= 11 is 5.79. The molecular weight excluding hydrogens is 318 g/mol. The number of aromatic hydroxyl groups is 1. The first kappa shape index (κ1) is 16.5. The summed E-state index contributed by atoms with van der Waals surface area (Å²) in [5.74, 6) is -0.848. The molecule has 0 heterocycles. The van der Waals surface area contributed by atoms with E-state index < -0.39 is 11.8 Å². The van der Waals surface area contributed by atoms with Crippen LogP contribution in [0.5, 0.6) is 5.75 Å². The molecule has 0 bridgehead atoms. The summed E-state index contributed by atoms with van der Waals surface area (Å²) in [5.41, 5.74) is 3.09. The largest absolute Gasteiger partial charge is 0.507 e. The third-order valence-electron chi connectivity index (χ3n) is 2.83.